The molecule has 1 aliphatic rings. The van der Waals surface area contributed by atoms with Crippen molar-refractivity contribution in [2.75, 3.05) is 26.2 Å². The molecule has 0 bridgehead atoms. The molecule has 1 unspecified atom stereocenters. The van der Waals surface area contributed by atoms with Crippen molar-refractivity contribution in [2.45, 2.75) is 19.2 Å². The number of nitrogens with zero attached hydrogens (tertiary/aromatic N) is 2. The van der Waals surface area contributed by atoms with Crippen LogP contribution in [0.25, 0.3) is 0 Å². The lowest BCUT2D eigenvalue weighted by molar-refractivity contribution is -0.0442. The largest absolute Gasteiger partial charge is 0.467 e. The molecule has 2 heterocycles. The van der Waals surface area contributed by atoms with E-state index in [1.54, 1.807) is 23.3 Å². The van der Waals surface area contributed by atoms with Crippen LogP contribution in [-0.2, 0) is 17.8 Å². The van der Waals surface area contributed by atoms with Gasteiger partial charge in [0.05, 0.1) is 25.5 Å². The van der Waals surface area contributed by atoms with Crippen LogP contribution in [0.5, 0.6) is 0 Å². The molecule has 0 spiro atoms. The van der Waals surface area contributed by atoms with Gasteiger partial charge in [-0.2, -0.15) is 0 Å². The lowest BCUT2D eigenvalue weighted by Crippen LogP contribution is -2.48. The van der Waals surface area contributed by atoms with E-state index >= 15 is 0 Å². The van der Waals surface area contributed by atoms with Crippen molar-refractivity contribution in [3.05, 3.63) is 95.4 Å². The number of benzene rings is 2. The summed E-state index contributed by atoms with van der Waals surface area (Å²) in [6.45, 7) is 3.13. The van der Waals surface area contributed by atoms with E-state index < -0.39 is 5.82 Å². The summed E-state index contributed by atoms with van der Waals surface area (Å²) in [6, 6.07) is 15.6. The van der Waals surface area contributed by atoms with Gasteiger partial charge in [0.25, 0.3) is 5.91 Å². The lowest BCUT2D eigenvalue weighted by Gasteiger charge is -2.35. The maximum atomic E-state index is 13.5. The third-order valence-electron chi connectivity index (χ3n) is 5.25. The first-order chi connectivity index (χ1) is 15.1. The average Bonchev–Trinajstić information content (AvgIpc) is 3.27. The van der Waals surface area contributed by atoms with Gasteiger partial charge in [-0.25, -0.2) is 8.78 Å². The number of furan rings is 1. The van der Waals surface area contributed by atoms with Crippen molar-refractivity contribution in [2.24, 2.45) is 0 Å². The number of halogens is 2. The van der Waals surface area contributed by atoms with Crippen LogP contribution in [-0.4, -0.2) is 48.1 Å². The molecule has 4 rings (SSSR count). The topological polar surface area (TPSA) is 45.9 Å². The highest BCUT2D eigenvalue weighted by molar-refractivity contribution is 5.94. The van der Waals surface area contributed by atoms with Crippen molar-refractivity contribution < 1.29 is 22.7 Å². The minimum absolute atomic E-state index is 0.207. The van der Waals surface area contributed by atoms with Gasteiger partial charge in [-0.3, -0.25) is 9.69 Å². The summed E-state index contributed by atoms with van der Waals surface area (Å²) in [5, 5.41) is 0. The van der Waals surface area contributed by atoms with Crippen LogP contribution >= 0.6 is 0 Å². The zero-order valence-corrected chi connectivity index (χ0v) is 17.0. The Kier molecular flexibility index (Phi) is 6.74. The summed E-state index contributed by atoms with van der Waals surface area (Å²) in [5.74, 6) is -0.209. The maximum Gasteiger partial charge on any atom is 0.254 e. The van der Waals surface area contributed by atoms with Crippen LogP contribution in [0.2, 0.25) is 0 Å². The Balaban J connectivity index is 1.45. The molecule has 1 fully saturated rings. The number of ether oxygens (including phenoxy) is 1. The van der Waals surface area contributed by atoms with E-state index in [0.717, 1.165) is 12.1 Å². The normalized spacial score (nSPS) is 16.9. The van der Waals surface area contributed by atoms with Crippen LogP contribution in [0.4, 0.5) is 8.78 Å². The van der Waals surface area contributed by atoms with Gasteiger partial charge in [-0.15, -0.1) is 0 Å². The zero-order valence-electron chi connectivity index (χ0n) is 17.0. The highest BCUT2D eigenvalue weighted by atomic mass is 19.1. The van der Waals surface area contributed by atoms with Gasteiger partial charge in [-0.05, 0) is 54.1 Å². The van der Waals surface area contributed by atoms with Crippen LogP contribution < -0.4 is 0 Å². The molecule has 1 amide bonds. The summed E-state index contributed by atoms with van der Waals surface area (Å²) in [4.78, 5) is 17.0. The number of carbonyl (C=O) groups excluding carboxylic acids is 1. The molecule has 162 valence electrons. The Labute approximate surface area is 179 Å². The second-order valence-electron chi connectivity index (χ2n) is 7.63. The Morgan fingerprint density at radius 3 is 2.65 bits per heavy atom. The van der Waals surface area contributed by atoms with E-state index in [0.29, 0.717) is 37.6 Å². The first-order valence-corrected chi connectivity index (χ1v) is 10.2. The smallest absolute Gasteiger partial charge is 0.254 e. The van der Waals surface area contributed by atoms with Crippen molar-refractivity contribution in [3.63, 3.8) is 0 Å². The predicted molar refractivity (Wildman–Crippen MR) is 111 cm³/mol. The maximum absolute atomic E-state index is 13.5. The van der Waals surface area contributed by atoms with Gasteiger partial charge in [-0.1, -0.05) is 12.1 Å². The highest BCUT2D eigenvalue weighted by Crippen LogP contribution is 2.17. The number of morpholine rings is 1. The van der Waals surface area contributed by atoms with Gasteiger partial charge in [0.15, 0.2) is 0 Å². The molecule has 2 aromatic carbocycles. The molecule has 0 N–H and O–H groups in total. The van der Waals surface area contributed by atoms with E-state index in [4.69, 9.17) is 9.15 Å². The Bertz CT molecular complexity index is 992. The quantitative estimate of drug-likeness (QED) is 0.571. The van der Waals surface area contributed by atoms with Crippen molar-refractivity contribution in [1.82, 2.24) is 9.80 Å². The Hall–Kier alpha value is -3.03. The fraction of sp³-hybridized carbons (Fsp3) is 0.292. The van der Waals surface area contributed by atoms with Crippen molar-refractivity contribution >= 4 is 5.91 Å². The molecule has 0 radical (unpaired) electrons. The summed E-state index contributed by atoms with van der Waals surface area (Å²) in [5.41, 5.74) is 1.30. The molecular weight excluding hydrogens is 402 g/mol. The monoisotopic (exact) mass is 426 g/mol. The molecule has 0 saturated carbocycles. The van der Waals surface area contributed by atoms with Gasteiger partial charge in [0, 0.05) is 31.7 Å². The standard InChI is InChI=1S/C24H24F2N2O3/c25-20-8-6-19(7-9-20)24(29)28(16-22-5-2-11-30-22)17-23-15-27(10-12-31-23)14-18-3-1-4-21(26)13-18/h1-9,11,13,23H,10,12,14-17H2. The van der Waals surface area contributed by atoms with Gasteiger partial charge in [0.2, 0.25) is 0 Å². The molecule has 3 aromatic rings. The van der Waals surface area contributed by atoms with Gasteiger partial charge >= 0.3 is 0 Å². The minimum Gasteiger partial charge on any atom is -0.467 e. The second-order valence-corrected chi connectivity index (χ2v) is 7.63. The van der Waals surface area contributed by atoms with Gasteiger partial charge < -0.3 is 14.1 Å². The summed E-state index contributed by atoms with van der Waals surface area (Å²) in [6.07, 6.45) is 1.36. The summed E-state index contributed by atoms with van der Waals surface area (Å²) >= 11 is 0. The van der Waals surface area contributed by atoms with E-state index in [1.807, 2.05) is 12.1 Å². The zero-order chi connectivity index (χ0) is 21.6. The molecule has 1 aliphatic heterocycles. The van der Waals surface area contributed by atoms with E-state index in [2.05, 4.69) is 4.90 Å². The Morgan fingerprint density at radius 2 is 1.90 bits per heavy atom. The minimum atomic E-state index is -0.391. The predicted octanol–water partition coefficient (Wildman–Crippen LogP) is 4.10. The summed E-state index contributed by atoms with van der Waals surface area (Å²) in [7, 11) is 0. The first kappa shape index (κ1) is 21.2. The first-order valence-electron chi connectivity index (χ1n) is 10.2. The number of hydrogen-bond donors (Lipinski definition) is 0. The fourth-order valence-corrected chi connectivity index (χ4v) is 3.76. The number of hydrogen-bond acceptors (Lipinski definition) is 4. The average molecular weight is 426 g/mol. The molecule has 31 heavy (non-hydrogen) atoms. The number of amides is 1. The highest BCUT2D eigenvalue weighted by Gasteiger charge is 2.26. The number of carbonyl (C=O) groups is 1. The molecular formula is C24H24F2N2O3. The van der Waals surface area contributed by atoms with E-state index in [1.165, 1.54) is 36.4 Å². The molecule has 5 nitrogen and oxygen atoms in total. The van der Waals surface area contributed by atoms with E-state index in [-0.39, 0.29) is 24.4 Å². The SMILES string of the molecule is O=C(c1ccc(F)cc1)N(Cc1ccco1)CC1CN(Cc2cccc(F)c2)CCO1. The third kappa shape index (κ3) is 5.77. The molecule has 1 atom stereocenters. The van der Waals surface area contributed by atoms with Crippen LogP contribution in [0.3, 0.4) is 0 Å². The van der Waals surface area contributed by atoms with Crippen molar-refractivity contribution in [1.29, 1.82) is 0 Å². The van der Waals surface area contributed by atoms with Crippen LogP contribution in [0, 0.1) is 11.6 Å². The second kappa shape index (κ2) is 9.85. The van der Waals surface area contributed by atoms with E-state index in [9.17, 15) is 13.6 Å². The van der Waals surface area contributed by atoms with Gasteiger partial charge in [0.1, 0.15) is 17.4 Å². The fourth-order valence-electron chi connectivity index (χ4n) is 3.76. The lowest BCUT2D eigenvalue weighted by atomic mass is 10.1. The Morgan fingerprint density at radius 1 is 1.06 bits per heavy atom. The van der Waals surface area contributed by atoms with Crippen LogP contribution in [0.1, 0.15) is 21.7 Å². The molecule has 1 aromatic heterocycles. The number of rotatable bonds is 7. The third-order valence-corrected chi connectivity index (χ3v) is 5.25. The molecule has 1 saturated heterocycles. The van der Waals surface area contributed by atoms with Crippen LogP contribution in [0.15, 0.2) is 71.3 Å². The molecule has 0 aliphatic carbocycles. The van der Waals surface area contributed by atoms with Crippen molar-refractivity contribution in [3.8, 4) is 0 Å². The molecule has 7 heteroatoms. The summed E-state index contributed by atoms with van der Waals surface area (Å²) < 4.78 is 38.1.